The van der Waals surface area contributed by atoms with Crippen molar-refractivity contribution in [1.82, 2.24) is 0 Å². The zero-order chi connectivity index (χ0) is 16.6. The Morgan fingerprint density at radius 2 is 2.09 bits per heavy atom. The van der Waals surface area contributed by atoms with Crippen LogP contribution in [-0.2, 0) is 6.42 Å². The lowest BCUT2D eigenvalue weighted by molar-refractivity contribution is -0.384. The van der Waals surface area contributed by atoms with E-state index < -0.39 is 16.6 Å². The van der Waals surface area contributed by atoms with E-state index in [1.807, 2.05) is 0 Å². The van der Waals surface area contributed by atoms with Crippen LogP contribution in [0.4, 0.5) is 15.8 Å². The number of para-hydroxylation sites is 1. The maximum atomic E-state index is 14.1. The Kier molecular flexibility index (Phi) is 4.00. The first-order chi connectivity index (χ1) is 11.0. The Morgan fingerprint density at radius 3 is 2.83 bits per heavy atom. The minimum atomic E-state index is -0.649. The van der Waals surface area contributed by atoms with Gasteiger partial charge in [0, 0.05) is 18.2 Å². The van der Waals surface area contributed by atoms with E-state index >= 15 is 0 Å². The number of rotatable bonds is 2. The van der Waals surface area contributed by atoms with E-state index in [-0.39, 0.29) is 22.0 Å². The molecule has 7 heteroatoms. The Morgan fingerprint density at radius 1 is 1.30 bits per heavy atom. The van der Waals surface area contributed by atoms with E-state index in [9.17, 15) is 19.3 Å². The van der Waals surface area contributed by atoms with Crippen LogP contribution >= 0.6 is 11.6 Å². The quantitative estimate of drug-likeness (QED) is 0.616. The van der Waals surface area contributed by atoms with E-state index in [4.69, 9.17) is 11.6 Å². The summed E-state index contributed by atoms with van der Waals surface area (Å²) in [6.07, 6.45) is 1.40. The highest BCUT2D eigenvalue weighted by Crippen LogP contribution is 2.32. The number of fused-ring (bicyclic) bond motifs is 1. The van der Waals surface area contributed by atoms with E-state index in [1.165, 1.54) is 23.1 Å². The maximum absolute atomic E-state index is 14.1. The first-order valence-electron chi connectivity index (χ1n) is 7.02. The van der Waals surface area contributed by atoms with Gasteiger partial charge in [-0.1, -0.05) is 23.7 Å². The van der Waals surface area contributed by atoms with Crippen molar-refractivity contribution in [2.45, 2.75) is 12.8 Å². The van der Waals surface area contributed by atoms with Crippen LogP contribution in [0.2, 0.25) is 5.02 Å². The minimum Gasteiger partial charge on any atom is -0.305 e. The molecule has 2 aromatic rings. The zero-order valence-electron chi connectivity index (χ0n) is 12.0. The molecule has 0 spiro atoms. The molecule has 0 bridgehead atoms. The summed E-state index contributed by atoms with van der Waals surface area (Å²) in [5.74, 6) is -0.949. The van der Waals surface area contributed by atoms with Gasteiger partial charge >= 0.3 is 0 Å². The molecule has 1 amide bonds. The summed E-state index contributed by atoms with van der Waals surface area (Å²) in [6.45, 7) is 0.364. The standard InChI is InChI=1S/C16H12ClFN2O3/c17-12-7-6-11(9-14(12)20(22)23)16(21)19-8-2-4-10-3-1-5-13(18)15(10)19/h1,3,5-7,9H,2,4,8H2. The van der Waals surface area contributed by atoms with Gasteiger partial charge in [0.15, 0.2) is 0 Å². The molecule has 118 valence electrons. The van der Waals surface area contributed by atoms with Gasteiger partial charge in [-0.05, 0) is 36.6 Å². The third-order valence-corrected chi connectivity index (χ3v) is 4.12. The van der Waals surface area contributed by atoms with Crippen molar-refractivity contribution in [2.24, 2.45) is 0 Å². The van der Waals surface area contributed by atoms with Crippen molar-refractivity contribution in [2.75, 3.05) is 11.4 Å². The van der Waals surface area contributed by atoms with Crippen molar-refractivity contribution < 1.29 is 14.1 Å². The molecule has 0 unspecified atom stereocenters. The fourth-order valence-corrected chi connectivity index (χ4v) is 2.93. The summed E-state index contributed by atoms with van der Waals surface area (Å²) in [7, 11) is 0. The molecule has 1 aliphatic rings. The van der Waals surface area contributed by atoms with Crippen LogP contribution in [0.3, 0.4) is 0 Å². The van der Waals surface area contributed by atoms with E-state index in [1.54, 1.807) is 12.1 Å². The van der Waals surface area contributed by atoms with E-state index in [2.05, 4.69) is 0 Å². The summed E-state index contributed by atoms with van der Waals surface area (Å²) in [4.78, 5) is 24.3. The van der Waals surface area contributed by atoms with Crippen molar-refractivity contribution in [3.05, 3.63) is 68.5 Å². The summed E-state index contributed by atoms with van der Waals surface area (Å²) in [5.41, 5.74) is 0.773. The molecule has 0 fully saturated rings. The van der Waals surface area contributed by atoms with Crippen LogP contribution in [0.1, 0.15) is 22.3 Å². The third-order valence-electron chi connectivity index (χ3n) is 3.80. The molecule has 0 saturated heterocycles. The first-order valence-corrected chi connectivity index (χ1v) is 7.40. The Balaban J connectivity index is 2.03. The van der Waals surface area contributed by atoms with Crippen LogP contribution in [0, 0.1) is 15.9 Å². The van der Waals surface area contributed by atoms with Gasteiger partial charge in [0.05, 0.1) is 10.6 Å². The van der Waals surface area contributed by atoms with Crippen LogP contribution in [0.25, 0.3) is 0 Å². The van der Waals surface area contributed by atoms with Gasteiger partial charge in [0.2, 0.25) is 0 Å². The number of anilines is 1. The van der Waals surface area contributed by atoms with Crippen LogP contribution in [0.15, 0.2) is 36.4 Å². The smallest absolute Gasteiger partial charge is 0.288 e. The minimum absolute atomic E-state index is 0.0447. The number of nitrogens with zero attached hydrogens (tertiary/aromatic N) is 2. The third kappa shape index (κ3) is 2.77. The second kappa shape index (κ2) is 5.96. The molecule has 2 aromatic carbocycles. The molecule has 5 nitrogen and oxygen atoms in total. The fourth-order valence-electron chi connectivity index (χ4n) is 2.75. The molecule has 23 heavy (non-hydrogen) atoms. The van der Waals surface area contributed by atoms with Gasteiger partial charge < -0.3 is 4.90 Å². The number of nitro groups is 1. The lowest BCUT2D eigenvalue weighted by Crippen LogP contribution is -2.36. The van der Waals surface area contributed by atoms with Crippen molar-refractivity contribution in [3.8, 4) is 0 Å². The van der Waals surface area contributed by atoms with Gasteiger partial charge in [0.1, 0.15) is 10.8 Å². The number of carbonyl (C=O) groups is 1. The highest BCUT2D eigenvalue weighted by atomic mass is 35.5. The highest BCUT2D eigenvalue weighted by molar-refractivity contribution is 6.32. The Bertz CT molecular complexity index is 810. The highest BCUT2D eigenvalue weighted by Gasteiger charge is 2.27. The molecule has 0 aliphatic carbocycles. The average Bonchev–Trinajstić information content (AvgIpc) is 2.54. The monoisotopic (exact) mass is 334 g/mol. The number of hydrogen-bond acceptors (Lipinski definition) is 3. The zero-order valence-corrected chi connectivity index (χ0v) is 12.7. The van der Waals surface area contributed by atoms with Crippen LogP contribution < -0.4 is 4.90 Å². The lowest BCUT2D eigenvalue weighted by atomic mass is 10.00. The number of hydrogen-bond donors (Lipinski definition) is 0. The second-order valence-electron chi connectivity index (χ2n) is 5.23. The molecule has 0 radical (unpaired) electrons. The summed E-state index contributed by atoms with van der Waals surface area (Å²) < 4.78 is 14.1. The predicted molar refractivity (Wildman–Crippen MR) is 84.5 cm³/mol. The normalized spacial score (nSPS) is 13.6. The molecule has 1 aliphatic heterocycles. The van der Waals surface area contributed by atoms with Gasteiger partial charge in [0.25, 0.3) is 11.6 Å². The van der Waals surface area contributed by atoms with Gasteiger partial charge in [-0.3, -0.25) is 14.9 Å². The van der Waals surface area contributed by atoms with Crippen molar-refractivity contribution >= 4 is 28.9 Å². The Hall–Kier alpha value is -2.47. The van der Waals surface area contributed by atoms with Crippen LogP contribution in [0.5, 0.6) is 0 Å². The number of halogens is 2. The molecule has 0 N–H and O–H groups in total. The maximum Gasteiger partial charge on any atom is 0.288 e. The predicted octanol–water partition coefficient (Wildman–Crippen LogP) is 3.98. The van der Waals surface area contributed by atoms with Gasteiger partial charge in [-0.25, -0.2) is 4.39 Å². The summed E-state index contributed by atoms with van der Waals surface area (Å²) in [5, 5.41) is 10.9. The SMILES string of the molecule is O=C(c1ccc(Cl)c([N+](=O)[O-])c1)N1CCCc2cccc(F)c21. The van der Waals surface area contributed by atoms with Gasteiger partial charge in [-0.2, -0.15) is 0 Å². The second-order valence-corrected chi connectivity index (χ2v) is 5.64. The lowest BCUT2D eigenvalue weighted by Gasteiger charge is -2.29. The number of carbonyl (C=O) groups excluding carboxylic acids is 1. The number of benzene rings is 2. The number of nitro benzene ring substituents is 1. The Labute approximate surface area is 136 Å². The average molecular weight is 335 g/mol. The van der Waals surface area contributed by atoms with E-state index in [0.29, 0.717) is 19.4 Å². The molecule has 1 heterocycles. The molecular weight excluding hydrogens is 323 g/mol. The number of aryl methyl sites for hydroxylation is 1. The molecular formula is C16H12ClFN2O3. The van der Waals surface area contributed by atoms with Crippen LogP contribution in [-0.4, -0.2) is 17.4 Å². The summed E-state index contributed by atoms with van der Waals surface area (Å²) >= 11 is 5.76. The molecule has 3 rings (SSSR count). The molecule has 0 aromatic heterocycles. The van der Waals surface area contributed by atoms with E-state index in [0.717, 1.165) is 11.6 Å². The summed E-state index contributed by atoms with van der Waals surface area (Å²) in [6, 6.07) is 8.53. The first kappa shape index (κ1) is 15.4. The fraction of sp³-hybridized carbons (Fsp3) is 0.188. The largest absolute Gasteiger partial charge is 0.305 e. The molecule has 0 atom stereocenters. The molecule has 0 saturated carbocycles. The topological polar surface area (TPSA) is 63.4 Å². The van der Waals surface area contributed by atoms with Crippen molar-refractivity contribution in [3.63, 3.8) is 0 Å². The van der Waals surface area contributed by atoms with Gasteiger partial charge in [-0.15, -0.1) is 0 Å². The number of amides is 1. The van der Waals surface area contributed by atoms with Crippen molar-refractivity contribution in [1.29, 1.82) is 0 Å².